The molecule has 6 rings (SSSR count). The summed E-state index contributed by atoms with van der Waals surface area (Å²) in [5, 5.41) is 3.31. The van der Waals surface area contributed by atoms with Crippen LogP contribution >= 0.6 is 0 Å². The maximum Gasteiger partial charge on any atom is 0.401 e. The molecule has 1 aliphatic heterocycles. The zero-order chi connectivity index (χ0) is 27.9. The normalized spacial score (nSPS) is 14.7. The van der Waals surface area contributed by atoms with E-state index in [1.165, 1.54) is 11.2 Å². The smallest absolute Gasteiger partial charge is 0.401 e. The van der Waals surface area contributed by atoms with E-state index in [9.17, 15) is 13.2 Å². The van der Waals surface area contributed by atoms with Crippen LogP contribution in [-0.4, -0.2) is 73.3 Å². The first-order valence-electron chi connectivity index (χ1n) is 12.7. The Kier molecular flexibility index (Phi) is 6.58. The summed E-state index contributed by atoms with van der Waals surface area (Å²) in [6.07, 6.45) is 0.592. The van der Waals surface area contributed by atoms with Crippen molar-refractivity contribution in [3.05, 3.63) is 60.8 Å². The van der Waals surface area contributed by atoms with Crippen molar-refractivity contribution < 1.29 is 17.9 Å². The third kappa shape index (κ3) is 5.45. The van der Waals surface area contributed by atoms with Crippen molar-refractivity contribution in [1.29, 1.82) is 0 Å². The second-order valence-corrected chi connectivity index (χ2v) is 9.72. The number of hydrogen-bond acceptors (Lipinski definition) is 9. The number of alkyl halides is 3. The molecule has 2 aromatic carbocycles. The van der Waals surface area contributed by atoms with Crippen molar-refractivity contribution in [2.45, 2.75) is 13.1 Å². The molecule has 206 valence electrons. The number of nitrogens with zero attached hydrogens (tertiary/aromatic N) is 8. The fraction of sp³-hybridized carbons (Fsp3) is 0.296. The number of benzene rings is 2. The third-order valence-corrected chi connectivity index (χ3v) is 6.79. The molecular weight excluding hydrogens is 523 g/mol. The number of aromatic nitrogens is 6. The molecule has 3 aromatic heterocycles. The molecule has 0 amide bonds. The fourth-order valence-electron chi connectivity index (χ4n) is 4.73. The Labute approximate surface area is 227 Å². The van der Waals surface area contributed by atoms with E-state index >= 15 is 0 Å². The summed E-state index contributed by atoms with van der Waals surface area (Å²) in [5.74, 6) is 2.34. The Balaban J connectivity index is 1.18. The molecule has 1 aliphatic rings. The molecule has 0 spiro atoms. The second-order valence-electron chi connectivity index (χ2n) is 9.72. The van der Waals surface area contributed by atoms with Crippen molar-refractivity contribution in [1.82, 2.24) is 34.4 Å². The van der Waals surface area contributed by atoms with Gasteiger partial charge in [-0.05, 0) is 42.8 Å². The first-order valence-corrected chi connectivity index (χ1v) is 12.7. The largest absolute Gasteiger partial charge is 0.457 e. The molecular formula is C27H26F3N9O. The number of fused-ring (bicyclic) bond motifs is 2. The Bertz CT molecular complexity index is 1680. The van der Waals surface area contributed by atoms with Gasteiger partial charge in [0.25, 0.3) is 0 Å². The quantitative estimate of drug-likeness (QED) is 0.319. The van der Waals surface area contributed by atoms with Crippen LogP contribution in [0.2, 0.25) is 0 Å². The van der Waals surface area contributed by atoms with Gasteiger partial charge >= 0.3 is 6.18 Å². The van der Waals surface area contributed by atoms with Crippen LogP contribution in [-0.2, 0) is 7.05 Å². The van der Waals surface area contributed by atoms with E-state index in [-0.39, 0.29) is 13.1 Å². The molecule has 0 aliphatic carbocycles. The molecule has 1 N–H and O–H groups in total. The van der Waals surface area contributed by atoms with Crippen LogP contribution in [0.1, 0.15) is 5.56 Å². The maximum atomic E-state index is 12.7. The van der Waals surface area contributed by atoms with E-state index in [4.69, 9.17) is 4.74 Å². The Hall–Kier alpha value is -4.52. The Morgan fingerprint density at radius 3 is 2.55 bits per heavy atom. The van der Waals surface area contributed by atoms with Gasteiger partial charge in [0.1, 0.15) is 28.9 Å². The Morgan fingerprint density at radius 2 is 1.77 bits per heavy atom. The lowest BCUT2D eigenvalue weighted by Gasteiger charge is -2.34. The minimum absolute atomic E-state index is 0.278. The number of halogens is 3. The Morgan fingerprint density at radius 1 is 0.950 bits per heavy atom. The van der Waals surface area contributed by atoms with Crippen molar-refractivity contribution in [3.8, 4) is 11.5 Å². The number of ether oxygens (including phenoxy) is 1. The number of anilines is 3. The summed E-state index contributed by atoms with van der Waals surface area (Å²) in [6, 6.07) is 11.5. The van der Waals surface area contributed by atoms with Gasteiger partial charge in [-0.15, -0.1) is 0 Å². The van der Waals surface area contributed by atoms with Gasteiger partial charge < -0.3 is 19.5 Å². The molecule has 40 heavy (non-hydrogen) atoms. The highest BCUT2D eigenvalue weighted by molar-refractivity contribution is 5.87. The molecule has 1 fully saturated rings. The van der Waals surface area contributed by atoms with Gasteiger partial charge in [-0.2, -0.15) is 13.2 Å². The summed E-state index contributed by atoms with van der Waals surface area (Å²) < 4.78 is 46.3. The van der Waals surface area contributed by atoms with E-state index in [1.54, 1.807) is 12.5 Å². The minimum Gasteiger partial charge on any atom is -0.457 e. The number of aryl methyl sites for hydroxylation is 2. The van der Waals surface area contributed by atoms with Crippen molar-refractivity contribution in [3.63, 3.8) is 0 Å². The lowest BCUT2D eigenvalue weighted by molar-refractivity contribution is -0.146. The molecule has 10 nitrogen and oxygen atoms in total. The van der Waals surface area contributed by atoms with E-state index in [1.807, 2.05) is 59.8 Å². The lowest BCUT2D eigenvalue weighted by Crippen LogP contribution is -2.49. The first-order chi connectivity index (χ1) is 19.2. The standard InChI is InChI=1S/C27H26F3N9O/c1-17-11-18(3-6-23(17)40-19-4-5-22-20(12-19)34-16-37(22)2)35-25-24-21(32-15-33-25)13-31-26(36-24)39-9-7-38(8-10-39)14-27(28,29)30/h3-6,11-13,15-16H,7-10,14H2,1-2H3,(H,32,33,35). The van der Waals surface area contributed by atoms with Crippen LogP contribution in [0.15, 0.2) is 55.2 Å². The van der Waals surface area contributed by atoms with Gasteiger partial charge in [0, 0.05) is 45.0 Å². The summed E-state index contributed by atoms with van der Waals surface area (Å²) >= 11 is 0. The number of rotatable bonds is 6. The van der Waals surface area contributed by atoms with Crippen LogP contribution in [0.4, 0.5) is 30.6 Å². The number of nitrogens with one attached hydrogen (secondary N) is 1. The highest BCUT2D eigenvalue weighted by Crippen LogP contribution is 2.31. The van der Waals surface area contributed by atoms with E-state index in [0.29, 0.717) is 47.4 Å². The third-order valence-electron chi connectivity index (χ3n) is 6.79. The average Bonchev–Trinajstić information content (AvgIpc) is 3.29. The molecule has 0 radical (unpaired) electrons. The van der Waals surface area contributed by atoms with Gasteiger partial charge in [0.15, 0.2) is 5.82 Å². The molecule has 0 atom stereocenters. The highest BCUT2D eigenvalue weighted by atomic mass is 19.4. The molecule has 13 heteroatoms. The van der Waals surface area contributed by atoms with Crippen LogP contribution in [0.5, 0.6) is 11.5 Å². The highest BCUT2D eigenvalue weighted by Gasteiger charge is 2.32. The van der Waals surface area contributed by atoms with Crippen molar-refractivity contribution in [2.75, 3.05) is 42.9 Å². The molecule has 5 aromatic rings. The average molecular weight is 550 g/mol. The van der Waals surface area contributed by atoms with Crippen molar-refractivity contribution >= 4 is 39.5 Å². The van der Waals surface area contributed by atoms with E-state index < -0.39 is 12.7 Å². The summed E-state index contributed by atoms with van der Waals surface area (Å²) in [6.45, 7) is 2.39. The fourth-order valence-corrected chi connectivity index (χ4v) is 4.73. The zero-order valence-electron chi connectivity index (χ0n) is 21.9. The van der Waals surface area contributed by atoms with Crippen molar-refractivity contribution in [2.24, 2.45) is 7.05 Å². The second kappa shape index (κ2) is 10.2. The SMILES string of the molecule is Cc1cc(Nc2ncnc3cnc(N4CCN(CC(F)(F)F)CC4)nc23)ccc1Oc1ccc2c(c1)ncn2C. The molecule has 0 saturated carbocycles. The minimum atomic E-state index is -4.21. The zero-order valence-corrected chi connectivity index (χ0v) is 21.9. The molecule has 0 bridgehead atoms. The predicted molar refractivity (Wildman–Crippen MR) is 145 cm³/mol. The number of imidazole rings is 1. The van der Waals surface area contributed by atoms with Gasteiger partial charge in [-0.25, -0.2) is 24.9 Å². The summed E-state index contributed by atoms with van der Waals surface area (Å²) in [5.41, 5.74) is 4.65. The predicted octanol–water partition coefficient (Wildman–Crippen LogP) is 4.84. The topological polar surface area (TPSA) is 97.1 Å². The summed E-state index contributed by atoms with van der Waals surface area (Å²) in [7, 11) is 1.95. The van der Waals surface area contributed by atoms with E-state index in [0.717, 1.165) is 22.3 Å². The molecule has 4 heterocycles. The lowest BCUT2D eigenvalue weighted by atomic mass is 10.2. The van der Waals surface area contributed by atoms with Crippen LogP contribution in [0, 0.1) is 6.92 Å². The number of piperazine rings is 1. The summed E-state index contributed by atoms with van der Waals surface area (Å²) in [4.78, 5) is 25.4. The van der Waals surface area contributed by atoms with Gasteiger partial charge in [0.05, 0.1) is 30.1 Å². The maximum absolute atomic E-state index is 12.7. The molecule has 0 unspecified atom stereocenters. The van der Waals surface area contributed by atoms with Crippen LogP contribution < -0.4 is 15.0 Å². The van der Waals surface area contributed by atoms with Gasteiger partial charge in [-0.1, -0.05) is 0 Å². The van der Waals surface area contributed by atoms with Crippen LogP contribution in [0.25, 0.3) is 22.1 Å². The molecule has 1 saturated heterocycles. The van der Waals surface area contributed by atoms with Gasteiger partial charge in [-0.3, -0.25) is 4.90 Å². The first kappa shape index (κ1) is 25.7. The van der Waals surface area contributed by atoms with E-state index in [2.05, 4.69) is 30.2 Å². The van der Waals surface area contributed by atoms with Crippen LogP contribution in [0.3, 0.4) is 0 Å². The monoisotopic (exact) mass is 549 g/mol. The van der Waals surface area contributed by atoms with Gasteiger partial charge in [0.2, 0.25) is 5.95 Å². The number of hydrogen-bond donors (Lipinski definition) is 1.